The SMILES string of the molecule is CCCNC(CN1CCN(C(C)C)CC1)c1ccccc1. The topological polar surface area (TPSA) is 18.5 Å². The van der Waals surface area contributed by atoms with Gasteiger partial charge in [0, 0.05) is 44.8 Å². The molecule has 1 aromatic carbocycles. The Morgan fingerprint density at radius 1 is 1.05 bits per heavy atom. The summed E-state index contributed by atoms with van der Waals surface area (Å²) in [6, 6.07) is 12.0. The van der Waals surface area contributed by atoms with Gasteiger partial charge >= 0.3 is 0 Å². The molecule has 0 radical (unpaired) electrons. The number of rotatable bonds is 7. The first-order chi connectivity index (χ1) is 10.2. The van der Waals surface area contributed by atoms with Crippen LogP contribution < -0.4 is 5.32 Å². The van der Waals surface area contributed by atoms with Gasteiger partial charge in [0.05, 0.1) is 0 Å². The van der Waals surface area contributed by atoms with Crippen molar-refractivity contribution in [3.05, 3.63) is 35.9 Å². The van der Waals surface area contributed by atoms with E-state index in [-0.39, 0.29) is 0 Å². The fraction of sp³-hybridized carbons (Fsp3) is 0.667. The molecule has 118 valence electrons. The molecule has 1 atom stereocenters. The van der Waals surface area contributed by atoms with Gasteiger partial charge in [-0.15, -0.1) is 0 Å². The first kappa shape index (κ1) is 16.5. The standard InChI is InChI=1S/C18H31N3/c1-4-10-19-18(17-8-6-5-7-9-17)15-20-11-13-21(14-12-20)16(2)3/h5-9,16,18-19H,4,10-15H2,1-3H3. The van der Waals surface area contributed by atoms with Crippen LogP contribution in [-0.2, 0) is 0 Å². The summed E-state index contributed by atoms with van der Waals surface area (Å²) in [5.74, 6) is 0. The molecule has 1 N–H and O–H groups in total. The van der Waals surface area contributed by atoms with Crippen molar-refractivity contribution in [3.8, 4) is 0 Å². The van der Waals surface area contributed by atoms with Gasteiger partial charge in [0.2, 0.25) is 0 Å². The third-order valence-electron chi connectivity index (χ3n) is 4.42. The highest BCUT2D eigenvalue weighted by Crippen LogP contribution is 2.16. The molecule has 1 unspecified atom stereocenters. The van der Waals surface area contributed by atoms with Crippen LogP contribution in [0.1, 0.15) is 38.8 Å². The van der Waals surface area contributed by atoms with E-state index in [1.54, 1.807) is 0 Å². The largest absolute Gasteiger partial charge is 0.309 e. The maximum absolute atomic E-state index is 3.71. The molecule has 1 heterocycles. The second-order valence-corrected chi connectivity index (χ2v) is 6.35. The Hall–Kier alpha value is -0.900. The average molecular weight is 289 g/mol. The summed E-state index contributed by atoms with van der Waals surface area (Å²) in [5, 5.41) is 3.71. The van der Waals surface area contributed by atoms with Crippen molar-refractivity contribution < 1.29 is 0 Å². The normalized spacial score (nSPS) is 19.0. The van der Waals surface area contributed by atoms with Crippen LogP contribution in [0.5, 0.6) is 0 Å². The van der Waals surface area contributed by atoms with Crippen molar-refractivity contribution >= 4 is 0 Å². The zero-order valence-electron chi connectivity index (χ0n) is 13.9. The summed E-state index contributed by atoms with van der Waals surface area (Å²) < 4.78 is 0. The number of hydrogen-bond acceptors (Lipinski definition) is 3. The summed E-state index contributed by atoms with van der Waals surface area (Å²) >= 11 is 0. The zero-order chi connectivity index (χ0) is 15.1. The number of benzene rings is 1. The highest BCUT2D eigenvalue weighted by Gasteiger charge is 2.21. The van der Waals surface area contributed by atoms with Crippen LogP contribution in [0.3, 0.4) is 0 Å². The lowest BCUT2D eigenvalue weighted by molar-refractivity contribution is 0.101. The van der Waals surface area contributed by atoms with Gasteiger partial charge in [0.25, 0.3) is 0 Å². The smallest absolute Gasteiger partial charge is 0.0449 e. The molecule has 0 aliphatic carbocycles. The molecule has 0 bridgehead atoms. The molecule has 1 aromatic rings. The summed E-state index contributed by atoms with van der Waals surface area (Å²) in [5.41, 5.74) is 1.41. The van der Waals surface area contributed by atoms with Crippen molar-refractivity contribution in [3.63, 3.8) is 0 Å². The van der Waals surface area contributed by atoms with Crippen LogP contribution in [0.25, 0.3) is 0 Å². The fourth-order valence-corrected chi connectivity index (χ4v) is 3.01. The van der Waals surface area contributed by atoms with E-state index < -0.39 is 0 Å². The minimum atomic E-state index is 0.455. The van der Waals surface area contributed by atoms with Crippen LogP contribution in [0.2, 0.25) is 0 Å². The Kier molecular flexibility index (Phi) is 6.68. The van der Waals surface area contributed by atoms with E-state index in [0.717, 1.165) is 13.1 Å². The minimum Gasteiger partial charge on any atom is -0.309 e. The van der Waals surface area contributed by atoms with E-state index in [4.69, 9.17) is 0 Å². The first-order valence-corrected chi connectivity index (χ1v) is 8.45. The molecule has 0 spiro atoms. The van der Waals surface area contributed by atoms with Crippen LogP contribution in [0, 0.1) is 0 Å². The lowest BCUT2D eigenvalue weighted by atomic mass is 10.1. The summed E-state index contributed by atoms with van der Waals surface area (Å²) in [4.78, 5) is 5.19. The molecule has 3 heteroatoms. The maximum Gasteiger partial charge on any atom is 0.0449 e. The molecule has 0 aromatic heterocycles. The van der Waals surface area contributed by atoms with E-state index in [1.807, 2.05) is 0 Å². The van der Waals surface area contributed by atoms with Crippen LogP contribution in [-0.4, -0.2) is 55.1 Å². The molecule has 1 aliphatic rings. The molecular formula is C18H31N3. The molecule has 1 saturated heterocycles. The summed E-state index contributed by atoms with van der Waals surface area (Å²) in [6.45, 7) is 13.8. The molecule has 0 amide bonds. The monoisotopic (exact) mass is 289 g/mol. The second kappa shape index (κ2) is 8.52. The van der Waals surface area contributed by atoms with E-state index >= 15 is 0 Å². The van der Waals surface area contributed by atoms with Crippen molar-refractivity contribution in [2.75, 3.05) is 39.3 Å². The van der Waals surface area contributed by atoms with Gasteiger partial charge in [-0.25, -0.2) is 0 Å². The van der Waals surface area contributed by atoms with Gasteiger partial charge in [-0.2, -0.15) is 0 Å². The molecule has 21 heavy (non-hydrogen) atoms. The van der Waals surface area contributed by atoms with E-state index in [1.165, 1.54) is 38.2 Å². The Bertz CT molecular complexity index is 383. The Morgan fingerprint density at radius 2 is 1.71 bits per heavy atom. The lowest BCUT2D eigenvalue weighted by Gasteiger charge is -2.38. The maximum atomic E-state index is 3.71. The molecule has 1 aliphatic heterocycles. The number of nitrogens with zero attached hydrogens (tertiary/aromatic N) is 2. The number of hydrogen-bond donors (Lipinski definition) is 1. The van der Waals surface area contributed by atoms with Crippen molar-refractivity contribution in [2.24, 2.45) is 0 Å². The van der Waals surface area contributed by atoms with E-state index in [2.05, 4.69) is 66.2 Å². The minimum absolute atomic E-state index is 0.455. The predicted molar refractivity (Wildman–Crippen MR) is 90.6 cm³/mol. The quantitative estimate of drug-likeness (QED) is 0.833. The fourth-order valence-electron chi connectivity index (χ4n) is 3.01. The van der Waals surface area contributed by atoms with Gasteiger partial charge in [0.1, 0.15) is 0 Å². The molecule has 1 fully saturated rings. The van der Waals surface area contributed by atoms with Gasteiger partial charge in [-0.3, -0.25) is 9.80 Å². The van der Waals surface area contributed by atoms with Crippen molar-refractivity contribution in [2.45, 2.75) is 39.3 Å². The average Bonchev–Trinajstić information content (AvgIpc) is 2.52. The molecule has 3 nitrogen and oxygen atoms in total. The highest BCUT2D eigenvalue weighted by molar-refractivity contribution is 5.19. The molecule has 0 saturated carbocycles. The Morgan fingerprint density at radius 3 is 2.29 bits per heavy atom. The molecular weight excluding hydrogens is 258 g/mol. The third kappa shape index (κ3) is 5.10. The van der Waals surface area contributed by atoms with Crippen molar-refractivity contribution in [1.29, 1.82) is 0 Å². The van der Waals surface area contributed by atoms with E-state index in [9.17, 15) is 0 Å². The van der Waals surface area contributed by atoms with Crippen molar-refractivity contribution in [1.82, 2.24) is 15.1 Å². The lowest BCUT2D eigenvalue weighted by Crippen LogP contribution is -2.50. The summed E-state index contributed by atoms with van der Waals surface area (Å²) in [6.07, 6.45) is 1.18. The van der Waals surface area contributed by atoms with Crippen LogP contribution in [0.15, 0.2) is 30.3 Å². The second-order valence-electron chi connectivity index (χ2n) is 6.35. The van der Waals surface area contributed by atoms with E-state index in [0.29, 0.717) is 12.1 Å². The predicted octanol–water partition coefficient (Wildman–Crippen LogP) is 2.75. The van der Waals surface area contributed by atoms with Gasteiger partial charge in [0.15, 0.2) is 0 Å². The number of piperazine rings is 1. The van der Waals surface area contributed by atoms with Gasteiger partial charge in [-0.1, -0.05) is 37.3 Å². The number of nitrogens with one attached hydrogen (secondary N) is 1. The van der Waals surface area contributed by atoms with Gasteiger partial charge < -0.3 is 5.32 Å². The molecule has 2 rings (SSSR count). The van der Waals surface area contributed by atoms with Crippen LogP contribution >= 0.6 is 0 Å². The highest BCUT2D eigenvalue weighted by atomic mass is 15.3. The third-order valence-corrected chi connectivity index (χ3v) is 4.42. The van der Waals surface area contributed by atoms with Crippen LogP contribution in [0.4, 0.5) is 0 Å². The zero-order valence-corrected chi connectivity index (χ0v) is 13.9. The summed E-state index contributed by atoms with van der Waals surface area (Å²) in [7, 11) is 0. The Balaban J connectivity index is 1.90. The first-order valence-electron chi connectivity index (χ1n) is 8.45. The Labute approximate surface area is 130 Å². The van der Waals surface area contributed by atoms with Gasteiger partial charge in [-0.05, 0) is 32.4 Å².